The van der Waals surface area contributed by atoms with Gasteiger partial charge >= 0.3 is 0 Å². The monoisotopic (exact) mass is 282 g/mol. The molecule has 0 spiro atoms. The summed E-state index contributed by atoms with van der Waals surface area (Å²) in [5.41, 5.74) is 3.58. The molecule has 1 aliphatic rings. The van der Waals surface area contributed by atoms with Gasteiger partial charge in [0.05, 0.1) is 17.6 Å². The molecule has 0 bridgehead atoms. The maximum Gasteiger partial charge on any atom is 0.150 e. The predicted octanol–water partition coefficient (Wildman–Crippen LogP) is 2.03. The highest BCUT2D eigenvalue weighted by Gasteiger charge is 2.29. The van der Waals surface area contributed by atoms with Crippen molar-refractivity contribution in [3.05, 3.63) is 34.9 Å². The van der Waals surface area contributed by atoms with E-state index in [9.17, 15) is 13.5 Å². The number of aliphatic hydroxyl groups excluding tert-OH is 1. The normalized spacial score (nSPS) is 23.4. The average molecular weight is 282 g/mol. The molecule has 1 N–H and O–H groups in total. The molecule has 1 aliphatic heterocycles. The van der Waals surface area contributed by atoms with Crippen molar-refractivity contribution in [2.75, 3.05) is 11.5 Å². The number of sulfone groups is 1. The SMILES string of the molecule is Cc1cccc(C)c1CC(O)CC1CCS(=O)(=O)C1. The van der Waals surface area contributed by atoms with Gasteiger partial charge in [-0.2, -0.15) is 0 Å². The zero-order chi connectivity index (χ0) is 14.0. The van der Waals surface area contributed by atoms with Gasteiger partial charge in [0.15, 0.2) is 9.84 Å². The molecule has 106 valence electrons. The molecule has 2 atom stereocenters. The fourth-order valence-corrected chi connectivity index (χ4v) is 4.81. The van der Waals surface area contributed by atoms with Crippen LogP contribution in [0.15, 0.2) is 18.2 Å². The van der Waals surface area contributed by atoms with Crippen molar-refractivity contribution in [3.63, 3.8) is 0 Å². The quantitative estimate of drug-likeness (QED) is 0.919. The molecule has 1 saturated heterocycles. The Balaban J connectivity index is 1.97. The van der Waals surface area contributed by atoms with Crippen molar-refractivity contribution in [2.45, 2.75) is 39.2 Å². The molecule has 19 heavy (non-hydrogen) atoms. The van der Waals surface area contributed by atoms with Crippen LogP contribution < -0.4 is 0 Å². The summed E-state index contributed by atoms with van der Waals surface area (Å²) in [5.74, 6) is 0.661. The van der Waals surface area contributed by atoms with Crippen molar-refractivity contribution >= 4 is 9.84 Å². The fourth-order valence-electron chi connectivity index (χ4n) is 2.93. The molecule has 1 heterocycles. The smallest absolute Gasteiger partial charge is 0.150 e. The van der Waals surface area contributed by atoms with Crippen LogP contribution in [-0.4, -0.2) is 31.1 Å². The molecule has 1 fully saturated rings. The van der Waals surface area contributed by atoms with Gasteiger partial charge in [-0.25, -0.2) is 8.42 Å². The molecule has 0 radical (unpaired) electrons. The third kappa shape index (κ3) is 3.80. The highest BCUT2D eigenvalue weighted by atomic mass is 32.2. The lowest BCUT2D eigenvalue weighted by Gasteiger charge is -2.17. The Bertz CT molecular complexity index is 528. The second kappa shape index (κ2) is 5.63. The summed E-state index contributed by atoms with van der Waals surface area (Å²) in [5, 5.41) is 10.2. The van der Waals surface area contributed by atoms with Crippen LogP contribution in [-0.2, 0) is 16.3 Å². The number of hydrogen-bond acceptors (Lipinski definition) is 3. The van der Waals surface area contributed by atoms with Gasteiger partial charge in [-0.15, -0.1) is 0 Å². The zero-order valence-electron chi connectivity index (χ0n) is 11.6. The number of aliphatic hydroxyl groups is 1. The molecule has 1 aromatic rings. The van der Waals surface area contributed by atoms with Crippen LogP contribution in [0.3, 0.4) is 0 Å². The Hall–Kier alpha value is -0.870. The number of aryl methyl sites for hydroxylation is 2. The van der Waals surface area contributed by atoms with Crippen molar-refractivity contribution in [3.8, 4) is 0 Å². The lowest BCUT2D eigenvalue weighted by Crippen LogP contribution is -2.18. The molecular weight excluding hydrogens is 260 g/mol. The lowest BCUT2D eigenvalue weighted by molar-refractivity contribution is 0.146. The minimum absolute atomic E-state index is 0.129. The van der Waals surface area contributed by atoms with Gasteiger partial charge in [0.25, 0.3) is 0 Å². The van der Waals surface area contributed by atoms with E-state index in [-0.39, 0.29) is 17.4 Å². The van der Waals surface area contributed by atoms with E-state index < -0.39 is 15.9 Å². The topological polar surface area (TPSA) is 54.4 Å². The van der Waals surface area contributed by atoms with E-state index in [0.717, 1.165) is 0 Å². The molecule has 2 unspecified atom stereocenters. The Morgan fingerprint density at radius 2 is 1.95 bits per heavy atom. The first-order valence-electron chi connectivity index (χ1n) is 6.81. The van der Waals surface area contributed by atoms with Crippen molar-refractivity contribution in [2.24, 2.45) is 5.92 Å². The van der Waals surface area contributed by atoms with Crippen molar-refractivity contribution in [1.29, 1.82) is 0 Å². The van der Waals surface area contributed by atoms with E-state index in [4.69, 9.17) is 0 Å². The molecule has 0 aromatic heterocycles. The van der Waals surface area contributed by atoms with Gasteiger partial charge in [-0.1, -0.05) is 18.2 Å². The largest absolute Gasteiger partial charge is 0.393 e. The molecule has 3 nitrogen and oxygen atoms in total. The average Bonchev–Trinajstić information content (AvgIpc) is 2.63. The predicted molar refractivity (Wildman–Crippen MR) is 77.0 cm³/mol. The summed E-state index contributed by atoms with van der Waals surface area (Å²) in [7, 11) is -2.84. The van der Waals surface area contributed by atoms with Crippen LogP contribution in [0.5, 0.6) is 0 Å². The Labute approximate surface area is 115 Å². The summed E-state index contributed by atoms with van der Waals surface area (Å²) in [6.07, 6.45) is 1.46. The molecule has 1 aromatic carbocycles. The summed E-state index contributed by atoms with van der Waals surface area (Å²) in [6.45, 7) is 4.10. The Morgan fingerprint density at radius 3 is 2.47 bits per heavy atom. The standard InChI is InChI=1S/C15H22O3S/c1-11-4-3-5-12(2)15(11)9-14(16)8-13-6-7-19(17,18)10-13/h3-5,13-14,16H,6-10H2,1-2H3. The first-order valence-corrected chi connectivity index (χ1v) is 8.63. The summed E-state index contributed by atoms with van der Waals surface area (Å²) < 4.78 is 22.8. The second-order valence-corrected chi connectivity index (χ2v) is 7.96. The van der Waals surface area contributed by atoms with E-state index in [1.807, 2.05) is 6.07 Å². The maximum absolute atomic E-state index is 11.4. The first-order chi connectivity index (χ1) is 8.87. The molecule has 0 saturated carbocycles. The van der Waals surface area contributed by atoms with Crippen molar-refractivity contribution < 1.29 is 13.5 Å². The summed E-state index contributed by atoms with van der Waals surface area (Å²) in [4.78, 5) is 0. The second-order valence-electron chi connectivity index (χ2n) is 5.73. The van der Waals surface area contributed by atoms with Gasteiger partial charge in [0.1, 0.15) is 0 Å². The molecule has 2 rings (SSSR count). The van der Waals surface area contributed by atoms with Crippen LogP contribution in [0.2, 0.25) is 0 Å². The summed E-state index contributed by atoms with van der Waals surface area (Å²) in [6, 6.07) is 6.12. The van der Waals surface area contributed by atoms with E-state index in [1.54, 1.807) is 0 Å². The zero-order valence-corrected chi connectivity index (χ0v) is 12.4. The van der Waals surface area contributed by atoms with Gasteiger partial charge < -0.3 is 5.11 Å². The van der Waals surface area contributed by atoms with E-state index >= 15 is 0 Å². The Kier molecular flexibility index (Phi) is 4.31. The number of rotatable bonds is 4. The van der Waals surface area contributed by atoms with Crippen LogP contribution in [0, 0.1) is 19.8 Å². The molecule has 0 aliphatic carbocycles. The van der Waals surface area contributed by atoms with E-state index in [2.05, 4.69) is 26.0 Å². The summed E-state index contributed by atoms with van der Waals surface area (Å²) >= 11 is 0. The highest BCUT2D eigenvalue weighted by molar-refractivity contribution is 7.91. The lowest BCUT2D eigenvalue weighted by atomic mass is 9.92. The number of benzene rings is 1. The van der Waals surface area contributed by atoms with Crippen LogP contribution in [0.4, 0.5) is 0 Å². The minimum Gasteiger partial charge on any atom is -0.393 e. The van der Waals surface area contributed by atoms with Gasteiger partial charge in [0, 0.05) is 0 Å². The number of hydrogen-bond donors (Lipinski definition) is 1. The van der Waals surface area contributed by atoms with Gasteiger partial charge in [-0.05, 0) is 55.7 Å². The third-order valence-corrected chi connectivity index (χ3v) is 5.85. The molecule has 0 amide bonds. The van der Waals surface area contributed by atoms with Crippen molar-refractivity contribution in [1.82, 2.24) is 0 Å². The van der Waals surface area contributed by atoms with Gasteiger partial charge in [-0.3, -0.25) is 0 Å². The Morgan fingerprint density at radius 1 is 1.32 bits per heavy atom. The minimum atomic E-state index is -2.84. The third-order valence-electron chi connectivity index (χ3n) is 4.02. The fraction of sp³-hybridized carbons (Fsp3) is 0.600. The van der Waals surface area contributed by atoms with Gasteiger partial charge in [0.2, 0.25) is 0 Å². The molecule has 4 heteroatoms. The van der Waals surface area contributed by atoms with E-state index in [1.165, 1.54) is 16.7 Å². The van der Waals surface area contributed by atoms with Crippen LogP contribution >= 0.6 is 0 Å². The van der Waals surface area contributed by atoms with E-state index in [0.29, 0.717) is 19.3 Å². The first kappa shape index (κ1) is 14.5. The highest BCUT2D eigenvalue weighted by Crippen LogP contribution is 2.25. The van der Waals surface area contributed by atoms with Crippen LogP contribution in [0.25, 0.3) is 0 Å². The molecular formula is C15H22O3S. The van der Waals surface area contributed by atoms with Crippen LogP contribution in [0.1, 0.15) is 29.5 Å². The maximum atomic E-state index is 11.4.